The number of hydrogen-bond donors (Lipinski definition) is 0. The Morgan fingerprint density at radius 2 is 1.38 bits per heavy atom. The van der Waals surface area contributed by atoms with Crippen molar-refractivity contribution in [3.8, 4) is 0 Å². The molecule has 0 aromatic rings. The molecule has 2 aliphatic heterocycles. The SMILES string of the molecule is CC1CCO[Te]2(OCCC(C)O2)O1. The van der Waals surface area contributed by atoms with E-state index in [0.29, 0.717) is 0 Å². The van der Waals surface area contributed by atoms with Crippen LogP contribution in [0.3, 0.4) is 0 Å². The Balaban J connectivity index is 2.00. The molecule has 78 valence electrons. The summed E-state index contributed by atoms with van der Waals surface area (Å²) in [5.41, 5.74) is 0. The molecular formula is C8H16O4Te. The van der Waals surface area contributed by atoms with Crippen LogP contribution in [0.4, 0.5) is 0 Å². The van der Waals surface area contributed by atoms with Crippen molar-refractivity contribution >= 4 is 19.8 Å². The van der Waals surface area contributed by atoms with E-state index in [2.05, 4.69) is 0 Å². The van der Waals surface area contributed by atoms with Crippen LogP contribution < -0.4 is 0 Å². The van der Waals surface area contributed by atoms with Crippen molar-refractivity contribution in [2.24, 2.45) is 0 Å². The van der Waals surface area contributed by atoms with E-state index >= 15 is 0 Å². The molecule has 2 rings (SSSR count). The van der Waals surface area contributed by atoms with Gasteiger partial charge in [0.05, 0.1) is 0 Å². The van der Waals surface area contributed by atoms with Crippen molar-refractivity contribution in [3.05, 3.63) is 0 Å². The van der Waals surface area contributed by atoms with Crippen molar-refractivity contribution in [2.75, 3.05) is 13.2 Å². The van der Waals surface area contributed by atoms with Crippen LogP contribution in [0.25, 0.3) is 0 Å². The minimum absolute atomic E-state index is 0.222. The molecule has 2 heterocycles. The summed E-state index contributed by atoms with van der Waals surface area (Å²) in [5.74, 6) is 0. The third-order valence-corrected chi connectivity index (χ3v) is 7.89. The minimum atomic E-state index is -3.25. The van der Waals surface area contributed by atoms with E-state index < -0.39 is 19.8 Å². The number of rotatable bonds is 0. The zero-order valence-electron chi connectivity index (χ0n) is 8.02. The van der Waals surface area contributed by atoms with Gasteiger partial charge in [-0.05, 0) is 0 Å². The van der Waals surface area contributed by atoms with Crippen molar-refractivity contribution in [3.63, 3.8) is 0 Å². The Labute approximate surface area is 84.5 Å². The summed E-state index contributed by atoms with van der Waals surface area (Å²) in [5, 5.41) is 0. The first-order chi connectivity index (χ1) is 6.20. The molecule has 2 atom stereocenters. The molecule has 0 aromatic heterocycles. The predicted octanol–water partition coefficient (Wildman–Crippen LogP) is 1.07. The third kappa shape index (κ3) is 2.35. The van der Waals surface area contributed by atoms with E-state index in [1.165, 1.54) is 0 Å². The molecule has 13 heavy (non-hydrogen) atoms. The van der Waals surface area contributed by atoms with E-state index in [-0.39, 0.29) is 12.2 Å². The first-order valence-electron chi connectivity index (χ1n) is 4.69. The molecule has 2 aliphatic rings. The zero-order chi connectivity index (χ0) is 9.31. The quantitative estimate of drug-likeness (QED) is 0.628. The average Bonchev–Trinajstić information content (AvgIpc) is 2.02. The summed E-state index contributed by atoms with van der Waals surface area (Å²) >= 11 is -3.25. The molecule has 0 N–H and O–H groups in total. The van der Waals surface area contributed by atoms with Crippen LogP contribution in [0, 0.1) is 0 Å². The van der Waals surface area contributed by atoms with Gasteiger partial charge in [-0.1, -0.05) is 0 Å². The van der Waals surface area contributed by atoms with Gasteiger partial charge in [0.15, 0.2) is 0 Å². The summed E-state index contributed by atoms with van der Waals surface area (Å²) in [7, 11) is 0. The molecule has 0 amide bonds. The molecule has 2 unspecified atom stereocenters. The normalized spacial score (nSPS) is 51.5. The third-order valence-electron chi connectivity index (χ3n) is 2.07. The molecule has 5 heteroatoms. The van der Waals surface area contributed by atoms with E-state index in [1.807, 2.05) is 13.8 Å². The van der Waals surface area contributed by atoms with E-state index in [0.717, 1.165) is 26.1 Å². The Morgan fingerprint density at radius 1 is 0.923 bits per heavy atom. The van der Waals surface area contributed by atoms with Crippen molar-refractivity contribution in [1.29, 1.82) is 0 Å². The standard InChI is InChI=1S/C8H16O4Te/c1-7-3-5-9-13(11-7)10-6-4-8(2)12-13/h7-8H,3-6H2,1-2H3. The predicted molar refractivity (Wildman–Crippen MR) is 48.0 cm³/mol. The van der Waals surface area contributed by atoms with Gasteiger partial charge in [0.2, 0.25) is 0 Å². The molecule has 0 radical (unpaired) electrons. The molecule has 0 bridgehead atoms. The Bertz CT molecular complexity index is 167. The first kappa shape index (κ1) is 10.2. The molecule has 4 nitrogen and oxygen atoms in total. The van der Waals surface area contributed by atoms with Gasteiger partial charge in [-0.25, -0.2) is 0 Å². The van der Waals surface area contributed by atoms with Crippen molar-refractivity contribution in [1.82, 2.24) is 0 Å². The Kier molecular flexibility index (Phi) is 3.14. The maximum absolute atomic E-state index is 5.71. The first-order valence-corrected chi connectivity index (χ1v) is 8.49. The van der Waals surface area contributed by atoms with Crippen LogP contribution in [-0.2, 0) is 12.4 Å². The van der Waals surface area contributed by atoms with Crippen LogP contribution in [0.15, 0.2) is 0 Å². The van der Waals surface area contributed by atoms with Crippen molar-refractivity contribution in [2.45, 2.75) is 38.9 Å². The maximum atomic E-state index is 5.71. The summed E-state index contributed by atoms with van der Waals surface area (Å²) in [6, 6.07) is 0. The van der Waals surface area contributed by atoms with Crippen LogP contribution in [-0.4, -0.2) is 45.2 Å². The molecule has 2 fully saturated rings. The molecule has 0 aromatic carbocycles. The van der Waals surface area contributed by atoms with Gasteiger partial charge in [-0.15, -0.1) is 0 Å². The second kappa shape index (κ2) is 4.01. The average molecular weight is 304 g/mol. The van der Waals surface area contributed by atoms with Gasteiger partial charge in [0, 0.05) is 0 Å². The van der Waals surface area contributed by atoms with Gasteiger partial charge in [-0.2, -0.15) is 0 Å². The summed E-state index contributed by atoms with van der Waals surface area (Å²) in [4.78, 5) is 0. The summed E-state index contributed by atoms with van der Waals surface area (Å²) in [6.07, 6.45) is 2.32. The molecule has 0 aliphatic carbocycles. The van der Waals surface area contributed by atoms with E-state index in [9.17, 15) is 0 Å². The van der Waals surface area contributed by atoms with Crippen LogP contribution in [0.5, 0.6) is 0 Å². The molecular weight excluding hydrogens is 288 g/mol. The van der Waals surface area contributed by atoms with Gasteiger partial charge >= 0.3 is 84.3 Å². The number of hydrogen-bond acceptors (Lipinski definition) is 4. The molecule has 2 saturated heterocycles. The van der Waals surface area contributed by atoms with Gasteiger partial charge in [-0.3, -0.25) is 0 Å². The zero-order valence-corrected chi connectivity index (χ0v) is 10.4. The Morgan fingerprint density at radius 3 is 1.77 bits per heavy atom. The van der Waals surface area contributed by atoms with Gasteiger partial charge in [0.1, 0.15) is 0 Å². The topological polar surface area (TPSA) is 36.9 Å². The van der Waals surface area contributed by atoms with E-state index in [1.54, 1.807) is 0 Å². The van der Waals surface area contributed by atoms with Crippen LogP contribution in [0.2, 0.25) is 0 Å². The van der Waals surface area contributed by atoms with Crippen LogP contribution in [0.1, 0.15) is 26.7 Å². The van der Waals surface area contributed by atoms with Crippen molar-refractivity contribution < 1.29 is 12.4 Å². The monoisotopic (exact) mass is 306 g/mol. The fourth-order valence-electron chi connectivity index (χ4n) is 1.30. The van der Waals surface area contributed by atoms with Crippen LogP contribution >= 0.6 is 0 Å². The van der Waals surface area contributed by atoms with Gasteiger partial charge < -0.3 is 0 Å². The fraction of sp³-hybridized carbons (Fsp3) is 1.00. The second-order valence-electron chi connectivity index (χ2n) is 3.44. The summed E-state index contributed by atoms with van der Waals surface area (Å²) in [6.45, 7) is 5.52. The van der Waals surface area contributed by atoms with E-state index in [4.69, 9.17) is 12.4 Å². The molecule has 1 spiro atoms. The van der Waals surface area contributed by atoms with Gasteiger partial charge in [0.25, 0.3) is 0 Å². The summed E-state index contributed by atoms with van der Waals surface area (Å²) < 4.78 is 22.6. The fourth-order valence-corrected chi connectivity index (χ4v) is 6.82. The Hall–Kier alpha value is 0.630. The molecule has 0 saturated carbocycles. The second-order valence-corrected chi connectivity index (χ2v) is 8.22.